The number of allylic oxidation sites excluding steroid dienone is 6. The molecule has 0 radical (unpaired) electrons. The SMILES string of the molecule is CC(=O)O[C@H]1CC[C@H]2[C@H]3C=CC4=CC(=O)C=C[C@@]4(C)[C@H]3CC[C@]12C. The summed E-state index contributed by atoms with van der Waals surface area (Å²) in [5.41, 5.74) is 1.21. The first kappa shape index (κ1) is 15.9. The van der Waals surface area contributed by atoms with Gasteiger partial charge < -0.3 is 4.74 Å². The predicted octanol–water partition coefficient (Wildman–Crippen LogP) is 4.00. The van der Waals surface area contributed by atoms with Crippen LogP contribution in [0.15, 0.2) is 36.0 Å². The Kier molecular flexibility index (Phi) is 3.42. The Hall–Kier alpha value is -1.64. The van der Waals surface area contributed by atoms with Gasteiger partial charge in [-0.25, -0.2) is 0 Å². The lowest BCUT2D eigenvalue weighted by Crippen LogP contribution is -2.49. The van der Waals surface area contributed by atoms with Crippen molar-refractivity contribution in [1.82, 2.24) is 0 Å². The topological polar surface area (TPSA) is 43.4 Å². The zero-order chi connectivity index (χ0) is 17.1. The third-order valence-corrected chi connectivity index (χ3v) is 7.34. The van der Waals surface area contributed by atoms with Crippen molar-refractivity contribution in [1.29, 1.82) is 0 Å². The molecule has 0 bridgehead atoms. The Balaban J connectivity index is 1.68. The number of rotatable bonds is 1. The molecule has 0 aromatic rings. The van der Waals surface area contributed by atoms with Gasteiger partial charge in [0, 0.05) is 17.8 Å². The van der Waals surface area contributed by atoms with Gasteiger partial charge in [0.15, 0.2) is 5.78 Å². The minimum atomic E-state index is -0.158. The number of ether oxygens (including phenoxy) is 1. The van der Waals surface area contributed by atoms with Crippen molar-refractivity contribution in [2.24, 2.45) is 28.6 Å². The Morgan fingerprint density at radius 2 is 1.96 bits per heavy atom. The third-order valence-electron chi connectivity index (χ3n) is 7.34. The molecular weight excluding hydrogens is 300 g/mol. The zero-order valence-corrected chi connectivity index (χ0v) is 14.7. The molecule has 128 valence electrons. The van der Waals surface area contributed by atoms with E-state index in [0.29, 0.717) is 17.8 Å². The fourth-order valence-electron chi connectivity index (χ4n) is 6.00. The molecule has 6 atom stereocenters. The van der Waals surface area contributed by atoms with Crippen LogP contribution in [0.2, 0.25) is 0 Å². The molecule has 0 amide bonds. The van der Waals surface area contributed by atoms with Gasteiger partial charge in [-0.3, -0.25) is 9.59 Å². The van der Waals surface area contributed by atoms with Crippen LogP contribution in [0.1, 0.15) is 46.5 Å². The second kappa shape index (κ2) is 5.18. The number of fused-ring (bicyclic) bond motifs is 5. The van der Waals surface area contributed by atoms with E-state index in [9.17, 15) is 9.59 Å². The number of hydrogen-bond donors (Lipinski definition) is 0. The van der Waals surface area contributed by atoms with Crippen LogP contribution >= 0.6 is 0 Å². The van der Waals surface area contributed by atoms with E-state index in [-0.39, 0.29) is 28.7 Å². The van der Waals surface area contributed by atoms with Gasteiger partial charge in [0.1, 0.15) is 6.10 Å². The molecule has 0 heterocycles. The van der Waals surface area contributed by atoms with E-state index in [0.717, 1.165) is 31.3 Å². The highest BCUT2D eigenvalue weighted by Gasteiger charge is 2.58. The summed E-state index contributed by atoms with van der Waals surface area (Å²) < 4.78 is 5.68. The monoisotopic (exact) mass is 326 g/mol. The normalized spacial score (nSPS) is 46.0. The van der Waals surface area contributed by atoms with Crippen LogP contribution < -0.4 is 0 Å². The lowest BCUT2D eigenvalue weighted by atomic mass is 9.50. The number of carbonyl (C=O) groups excluding carboxylic acids is 2. The molecule has 2 fully saturated rings. The molecule has 3 nitrogen and oxygen atoms in total. The molecule has 4 aliphatic carbocycles. The highest BCUT2D eigenvalue weighted by Crippen LogP contribution is 2.63. The van der Waals surface area contributed by atoms with Crippen LogP contribution in [0.5, 0.6) is 0 Å². The van der Waals surface area contributed by atoms with Gasteiger partial charge in [-0.2, -0.15) is 0 Å². The Morgan fingerprint density at radius 3 is 2.71 bits per heavy atom. The molecule has 24 heavy (non-hydrogen) atoms. The second-order valence-corrected chi connectivity index (χ2v) is 8.49. The number of carbonyl (C=O) groups is 2. The van der Waals surface area contributed by atoms with Crippen molar-refractivity contribution >= 4 is 11.8 Å². The van der Waals surface area contributed by atoms with E-state index in [1.807, 2.05) is 0 Å². The van der Waals surface area contributed by atoms with Gasteiger partial charge in [-0.05, 0) is 61.2 Å². The number of ketones is 1. The van der Waals surface area contributed by atoms with E-state index >= 15 is 0 Å². The summed E-state index contributed by atoms with van der Waals surface area (Å²) in [6, 6.07) is 0. The van der Waals surface area contributed by atoms with Crippen molar-refractivity contribution in [3.05, 3.63) is 36.0 Å². The second-order valence-electron chi connectivity index (χ2n) is 8.49. The fraction of sp³-hybridized carbons (Fsp3) is 0.619. The predicted molar refractivity (Wildman–Crippen MR) is 92.1 cm³/mol. The van der Waals surface area contributed by atoms with Gasteiger partial charge in [-0.15, -0.1) is 0 Å². The summed E-state index contributed by atoms with van der Waals surface area (Å²) in [5.74, 6) is 1.54. The maximum absolute atomic E-state index is 11.8. The van der Waals surface area contributed by atoms with Crippen LogP contribution in [0.3, 0.4) is 0 Å². The molecule has 0 saturated heterocycles. The van der Waals surface area contributed by atoms with Gasteiger partial charge in [0.2, 0.25) is 0 Å². The number of hydrogen-bond acceptors (Lipinski definition) is 3. The lowest BCUT2D eigenvalue weighted by Gasteiger charge is -2.54. The first-order valence-electron chi connectivity index (χ1n) is 9.15. The molecular formula is C21H26O3. The molecule has 0 aromatic heterocycles. The minimum absolute atomic E-state index is 0.0336. The molecule has 0 spiro atoms. The van der Waals surface area contributed by atoms with E-state index < -0.39 is 0 Å². The Morgan fingerprint density at radius 1 is 1.17 bits per heavy atom. The minimum Gasteiger partial charge on any atom is -0.462 e. The fourth-order valence-corrected chi connectivity index (χ4v) is 6.00. The Bertz CT molecular complexity index is 685. The quantitative estimate of drug-likeness (QED) is 0.684. The van der Waals surface area contributed by atoms with Crippen molar-refractivity contribution in [2.75, 3.05) is 0 Å². The number of esters is 1. The van der Waals surface area contributed by atoms with Gasteiger partial charge in [-0.1, -0.05) is 32.1 Å². The van der Waals surface area contributed by atoms with Crippen LogP contribution in [0, 0.1) is 28.6 Å². The average molecular weight is 326 g/mol. The molecule has 0 aromatic carbocycles. The Labute approximate surface area is 143 Å². The average Bonchev–Trinajstić information content (AvgIpc) is 2.84. The van der Waals surface area contributed by atoms with Gasteiger partial charge in [0.25, 0.3) is 0 Å². The molecule has 4 rings (SSSR count). The van der Waals surface area contributed by atoms with Gasteiger partial charge in [0.05, 0.1) is 0 Å². The van der Waals surface area contributed by atoms with Crippen LogP contribution in [-0.4, -0.2) is 17.9 Å². The highest BCUT2D eigenvalue weighted by molar-refractivity contribution is 6.01. The summed E-state index contributed by atoms with van der Waals surface area (Å²) in [7, 11) is 0. The summed E-state index contributed by atoms with van der Waals surface area (Å²) >= 11 is 0. The summed E-state index contributed by atoms with van der Waals surface area (Å²) in [5, 5.41) is 0. The lowest BCUT2D eigenvalue weighted by molar-refractivity contribution is -0.155. The van der Waals surface area contributed by atoms with Crippen LogP contribution in [-0.2, 0) is 14.3 Å². The first-order valence-corrected chi connectivity index (χ1v) is 9.15. The maximum Gasteiger partial charge on any atom is 0.302 e. The standard InChI is InChI=1S/C21H26O3/c1-13(22)24-19-7-6-17-16-5-4-14-12-15(23)8-10-20(14,2)18(16)9-11-21(17,19)3/h4-5,8,10,12,16-19H,6-7,9,11H2,1-3H3/t16-,17+,18+,19+,20-,21+/m1/s1. The highest BCUT2D eigenvalue weighted by atomic mass is 16.5. The molecule has 0 aliphatic heterocycles. The molecule has 0 N–H and O–H groups in total. The van der Waals surface area contributed by atoms with E-state index in [2.05, 4.69) is 32.1 Å². The van der Waals surface area contributed by atoms with Crippen molar-refractivity contribution < 1.29 is 14.3 Å². The maximum atomic E-state index is 11.8. The van der Waals surface area contributed by atoms with E-state index in [1.54, 1.807) is 12.2 Å². The zero-order valence-electron chi connectivity index (χ0n) is 14.7. The molecule has 4 aliphatic rings. The van der Waals surface area contributed by atoms with Gasteiger partial charge >= 0.3 is 5.97 Å². The molecule has 3 heteroatoms. The summed E-state index contributed by atoms with van der Waals surface area (Å²) in [4.78, 5) is 23.2. The van der Waals surface area contributed by atoms with Crippen LogP contribution in [0.4, 0.5) is 0 Å². The third kappa shape index (κ3) is 2.09. The van der Waals surface area contributed by atoms with Crippen molar-refractivity contribution in [3.8, 4) is 0 Å². The van der Waals surface area contributed by atoms with Crippen molar-refractivity contribution in [2.45, 2.75) is 52.6 Å². The molecule has 2 saturated carbocycles. The van der Waals surface area contributed by atoms with E-state index in [4.69, 9.17) is 4.74 Å². The molecule has 0 unspecified atom stereocenters. The van der Waals surface area contributed by atoms with Crippen LogP contribution in [0.25, 0.3) is 0 Å². The largest absolute Gasteiger partial charge is 0.462 e. The smallest absolute Gasteiger partial charge is 0.302 e. The first-order chi connectivity index (χ1) is 11.3. The summed E-state index contributed by atoms with van der Waals surface area (Å²) in [6.45, 7) is 6.12. The van der Waals surface area contributed by atoms with Crippen molar-refractivity contribution in [3.63, 3.8) is 0 Å². The summed E-state index contributed by atoms with van der Waals surface area (Å²) in [6.07, 6.45) is 14.6. The van der Waals surface area contributed by atoms with E-state index in [1.165, 1.54) is 6.92 Å².